The van der Waals surface area contributed by atoms with E-state index in [9.17, 15) is 9.90 Å². The van der Waals surface area contributed by atoms with Crippen molar-refractivity contribution >= 4 is 11.6 Å². The van der Waals surface area contributed by atoms with Crippen LogP contribution in [0.4, 0.5) is 0 Å². The summed E-state index contributed by atoms with van der Waals surface area (Å²) in [6.07, 6.45) is 0. The molecule has 0 saturated carbocycles. The van der Waals surface area contributed by atoms with Crippen LogP contribution in [0.5, 0.6) is 5.75 Å². The first-order chi connectivity index (χ1) is 9.18. The second-order valence-electron chi connectivity index (χ2n) is 4.02. The van der Waals surface area contributed by atoms with Gasteiger partial charge in [-0.15, -0.1) is 0 Å². The van der Waals surface area contributed by atoms with Gasteiger partial charge >= 0.3 is 0 Å². The molecule has 0 atom stereocenters. The quantitative estimate of drug-likeness (QED) is 0.653. The maximum atomic E-state index is 11.8. The Morgan fingerprint density at radius 2 is 1.68 bits per heavy atom. The van der Waals surface area contributed by atoms with E-state index < -0.39 is 0 Å². The molecule has 0 aliphatic carbocycles. The molecule has 96 valence electrons. The SMILES string of the molecule is CC(=NNC(=O)c1ccccc1)c1ccccc1O. The standard InChI is InChI=1S/C15H14N2O2/c1-11(13-9-5-6-10-14(13)18)16-17-15(19)12-7-3-2-4-8-12/h2-10,18H,1H3,(H,17,19). The van der Waals surface area contributed by atoms with E-state index in [2.05, 4.69) is 10.5 Å². The number of nitrogens with zero attached hydrogens (tertiary/aromatic N) is 1. The lowest BCUT2D eigenvalue weighted by molar-refractivity contribution is 0.0955. The van der Waals surface area contributed by atoms with Crippen LogP contribution in [-0.2, 0) is 0 Å². The highest BCUT2D eigenvalue weighted by Crippen LogP contribution is 2.16. The highest BCUT2D eigenvalue weighted by molar-refractivity contribution is 6.02. The van der Waals surface area contributed by atoms with Crippen LogP contribution >= 0.6 is 0 Å². The maximum Gasteiger partial charge on any atom is 0.271 e. The van der Waals surface area contributed by atoms with Crippen molar-refractivity contribution in [1.29, 1.82) is 0 Å². The molecule has 2 rings (SSSR count). The Morgan fingerprint density at radius 3 is 2.37 bits per heavy atom. The summed E-state index contributed by atoms with van der Waals surface area (Å²) in [5.74, 6) is -0.145. The van der Waals surface area contributed by atoms with Gasteiger partial charge in [0.15, 0.2) is 0 Å². The molecule has 0 radical (unpaired) electrons. The number of phenols is 1. The first kappa shape index (κ1) is 12.8. The minimum absolute atomic E-state index is 0.137. The van der Waals surface area contributed by atoms with Gasteiger partial charge in [0.1, 0.15) is 5.75 Å². The smallest absolute Gasteiger partial charge is 0.271 e. The summed E-state index contributed by atoms with van der Waals surface area (Å²) < 4.78 is 0. The van der Waals surface area contributed by atoms with Crippen LogP contribution in [0.3, 0.4) is 0 Å². The van der Waals surface area contributed by atoms with Crippen LogP contribution in [0.25, 0.3) is 0 Å². The van der Waals surface area contributed by atoms with E-state index in [1.165, 1.54) is 0 Å². The van der Waals surface area contributed by atoms with Gasteiger partial charge in [-0.3, -0.25) is 4.79 Å². The lowest BCUT2D eigenvalue weighted by atomic mass is 10.1. The molecule has 0 fully saturated rings. The van der Waals surface area contributed by atoms with Crippen LogP contribution in [-0.4, -0.2) is 16.7 Å². The predicted molar refractivity (Wildman–Crippen MR) is 74.2 cm³/mol. The normalized spacial score (nSPS) is 11.1. The average molecular weight is 254 g/mol. The third-order valence-corrected chi connectivity index (χ3v) is 2.65. The molecule has 0 unspecified atom stereocenters. The number of carbonyl (C=O) groups excluding carboxylic acids is 1. The zero-order chi connectivity index (χ0) is 13.7. The molecule has 0 aromatic heterocycles. The molecule has 0 aliphatic rings. The minimum Gasteiger partial charge on any atom is -0.507 e. The van der Waals surface area contributed by atoms with Gasteiger partial charge in [-0.25, -0.2) is 5.43 Å². The third-order valence-electron chi connectivity index (χ3n) is 2.65. The number of nitrogens with one attached hydrogen (secondary N) is 1. The molecular formula is C15H14N2O2. The van der Waals surface area contributed by atoms with Gasteiger partial charge in [-0.05, 0) is 31.2 Å². The molecule has 4 nitrogen and oxygen atoms in total. The number of phenolic OH excluding ortho intramolecular Hbond substituents is 1. The molecule has 0 bridgehead atoms. The van der Waals surface area contributed by atoms with E-state index >= 15 is 0 Å². The maximum absolute atomic E-state index is 11.8. The Balaban J connectivity index is 2.11. The van der Waals surface area contributed by atoms with Crippen LogP contribution < -0.4 is 5.43 Å². The Bertz CT molecular complexity index is 607. The molecular weight excluding hydrogens is 240 g/mol. The monoisotopic (exact) mass is 254 g/mol. The number of carbonyl (C=O) groups is 1. The van der Waals surface area contributed by atoms with Crippen molar-refractivity contribution in [3.05, 3.63) is 65.7 Å². The number of benzene rings is 2. The molecule has 2 N–H and O–H groups in total. The van der Waals surface area contributed by atoms with Crippen molar-refractivity contribution in [2.75, 3.05) is 0 Å². The summed E-state index contributed by atoms with van der Waals surface area (Å²) in [7, 11) is 0. The topological polar surface area (TPSA) is 61.7 Å². The molecule has 0 heterocycles. The van der Waals surface area contributed by atoms with Gasteiger partial charge in [0, 0.05) is 11.1 Å². The second-order valence-corrected chi connectivity index (χ2v) is 4.02. The van der Waals surface area contributed by atoms with Gasteiger partial charge in [0.05, 0.1) is 5.71 Å². The van der Waals surface area contributed by atoms with Crippen molar-refractivity contribution in [2.45, 2.75) is 6.92 Å². The molecule has 2 aromatic rings. The Kier molecular flexibility index (Phi) is 3.93. The summed E-state index contributed by atoms with van der Waals surface area (Å²) in [6.45, 7) is 1.72. The van der Waals surface area contributed by atoms with Crippen LogP contribution in [0.15, 0.2) is 59.7 Å². The Morgan fingerprint density at radius 1 is 1.05 bits per heavy atom. The largest absolute Gasteiger partial charge is 0.507 e. The van der Waals surface area contributed by atoms with Gasteiger partial charge in [-0.2, -0.15) is 5.10 Å². The van der Waals surface area contributed by atoms with Crippen LogP contribution in [0, 0.1) is 0 Å². The lowest BCUT2D eigenvalue weighted by Crippen LogP contribution is -2.19. The predicted octanol–water partition coefficient (Wildman–Crippen LogP) is 2.55. The van der Waals surface area contributed by atoms with Gasteiger partial charge in [0.2, 0.25) is 0 Å². The number of rotatable bonds is 3. The summed E-state index contributed by atoms with van der Waals surface area (Å²) >= 11 is 0. The Hall–Kier alpha value is -2.62. The number of hydrazone groups is 1. The summed E-state index contributed by atoms with van der Waals surface area (Å²) in [5, 5.41) is 13.7. The van der Waals surface area contributed by atoms with E-state index in [0.717, 1.165) is 0 Å². The van der Waals surface area contributed by atoms with E-state index in [4.69, 9.17) is 0 Å². The van der Waals surface area contributed by atoms with E-state index in [-0.39, 0.29) is 11.7 Å². The number of aromatic hydroxyl groups is 1. The average Bonchev–Trinajstić information content (AvgIpc) is 2.46. The minimum atomic E-state index is -0.282. The van der Waals surface area contributed by atoms with E-state index in [0.29, 0.717) is 16.8 Å². The third kappa shape index (κ3) is 3.19. The highest BCUT2D eigenvalue weighted by atomic mass is 16.3. The summed E-state index contributed by atoms with van der Waals surface area (Å²) in [6, 6.07) is 15.7. The number of hydrogen-bond donors (Lipinski definition) is 2. The molecule has 0 saturated heterocycles. The zero-order valence-electron chi connectivity index (χ0n) is 10.5. The highest BCUT2D eigenvalue weighted by Gasteiger charge is 2.05. The number of hydrogen-bond acceptors (Lipinski definition) is 3. The summed E-state index contributed by atoms with van der Waals surface area (Å²) in [4.78, 5) is 11.8. The van der Waals surface area contributed by atoms with Gasteiger partial charge < -0.3 is 5.11 Å². The second kappa shape index (κ2) is 5.82. The first-order valence-corrected chi connectivity index (χ1v) is 5.86. The van der Waals surface area contributed by atoms with Crippen molar-refractivity contribution in [1.82, 2.24) is 5.43 Å². The first-order valence-electron chi connectivity index (χ1n) is 5.86. The van der Waals surface area contributed by atoms with Crippen molar-refractivity contribution in [2.24, 2.45) is 5.10 Å². The van der Waals surface area contributed by atoms with E-state index in [1.54, 1.807) is 55.5 Å². The molecule has 2 aromatic carbocycles. The fraction of sp³-hybridized carbons (Fsp3) is 0.0667. The fourth-order valence-electron chi connectivity index (χ4n) is 1.63. The van der Waals surface area contributed by atoms with Crippen LogP contribution in [0.1, 0.15) is 22.8 Å². The zero-order valence-corrected chi connectivity index (χ0v) is 10.5. The van der Waals surface area contributed by atoms with Gasteiger partial charge in [0.25, 0.3) is 5.91 Å². The summed E-state index contributed by atoms with van der Waals surface area (Å²) in [5.41, 5.74) is 4.14. The number of para-hydroxylation sites is 1. The lowest BCUT2D eigenvalue weighted by Gasteiger charge is -2.04. The van der Waals surface area contributed by atoms with Gasteiger partial charge in [-0.1, -0.05) is 30.3 Å². The van der Waals surface area contributed by atoms with Crippen molar-refractivity contribution in [3.63, 3.8) is 0 Å². The van der Waals surface area contributed by atoms with Crippen molar-refractivity contribution < 1.29 is 9.90 Å². The number of amides is 1. The fourth-order valence-corrected chi connectivity index (χ4v) is 1.63. The Labute approximate surface area is 111 Å². The van der Waals surface area contributed by atoms with Crippen molar-refractivity contribution in [3.8, 4) is 5.75 Å². The molecule has 1 amide bonds. The van der Waals surface area contributed by atoms with Crippen LogP contribution in [0.2, 0.25) is 0 Å². The van der Waals surface area contributed by atoms with E-state index in [1.807, 2.05) is 6.07 Å². The molecule has 19 heavy (non-hydrogen) atoms. The molecule has 0 aliphatic heterocycles. The molecule has 0 spiro atoms. The molecule has 4 heteroatoms.